The smallest absolute Gasteiger partial charge is 0.310 e. The number of benzene rings is 1. The first-order valence-electron chi connectivity index (χ1n) is 10.5. The SMILES string of the molecule is CC1=C2C[C@H]3[C@H](CNCc4ccc5c(c4)OCO5)C(=O)O[C@@H]3C[C@@]2(C)CCC1. The van der Waals surface area contributed by atoms with E-state index in [0.717, 1.165) is 29.9 Å². The van der Waals surface area contributed by atoms with E-state index in [0.29, 0.717) is 19.0 Å². The van der Waals surface area contributed by atoms with Gasteiger partial charge in [0.15, 0.2) is 11.5 Å². The molecule has 1 aromatic rings. The van der Waals surface area contributed by atoms with Crippen LogP contribution in [0, 0.1) is 17.3 Å². The Bertz CT molecular complexity index is 832. The number of allylic oxidation sites excluding steroid dienone is 2. The monoisotopic (exact) mass is 383 g/mol. The summed E-state index contributed by atoms with van der Waals surface area (Å²) in [6.45, 7) is 6.32. The van der Waals surface area contributed by atoms with Gasteiger partial charge in [-0.3, -0.25) is 4.79 Å². The van der Waals surface area contributed by atoms with Crippen molar-refractivity contribution >= 4 is 5.97 Å². The number of nitrogens with one attached hydrogen (secondary N) is 1. The van der Waals surface area contributed by atoms with Crippen molar-refractivity contribution in [2.45, 2.75) is 58.6 Å². The van der Waals surface area contributed by atoms with Crippen molar-refractivity contribution in [2.75, 3.05) is 13.3 Å². The van der Waals surface area contributed by atoms with E-state index in [1.165, 1.54) is 19.3 Å². The Hall–Kier alpha value is -2.01. The zero-order chi connectivity index (χ0) is 19.3. The number of carbonyl (C=O) groups excluding carboxylic acids is 1. The van der Waals surface area contributed by atoms with Crippen molar-refractivity contribution in [1.29, 1.82) is 0 Å². The average Bonchev–Trinajstić information content (AvgIpc) is 3.24. The summed E-state index contributed by atoms with van der Waals surface area (Å²) in [6.07, 6.45) is 5.81. The highest BCUT2D eigenvalue weighted by Gasteiger charge is 2.52. The third kappa shape index (κ3) is 3.00. The normalized spacial score (nSPS) is 33.5. The third-order valence-corrected chi connectivity index (χ3v) is 7.31. The van der Waals surface area contributed by atoms with Gasteiger partial charge in [-0.25, -0.2) is 0 Å². The minimum atomic E-state index is -0.0502. The number of rotatable bonds is 4. The molecular formula is C23H29NO4. The summed E-state index contributed by atoms with van der Waals surface area (Å²) in [7, 11) is 0. The van der Waals surface area contributed by atoms with Crippen LogP contribution in [0.5, 0.6) is 11.5 Å². The van der Waals surface area contributed by atoms with Crippen LogP contribution < -0.4 is 14.8 Å². The Morgan fingerprint density at radius 1 is 1.25 bits per heavy atom. The quantitative estimate of drug-likeness (QED) is 0.630. The Labute approximate surface area is 166 Å². The molecule has 2 heterocycles. The van der Waals surface area contributed by atoms with Crippen molar-refractivity contribution < 1.29 is 19.0 Å². The van der Waals surface area contributed by atoms with Gasteiger partial charge in [-0.05, 0) is 62.1 Å². The molecule has 0 amide bonds. The third-order valence-electron chi connectivity index (χ3n) is 7.31. The predicted molar refractivity (Wildman–Crippen MR) is 105 cm³/mol. The summed E-state index contributed by atoms with van der Waals surface area (Å²) in [5.74, 6) is 1.84. The van der Waals surface area contributed by atoms with Gasteiger partial charge in [-0.15, -0.1) is 0 Å². The number of hydrogen-bond acceptors (Lipinski definition) is 5. The van der Waals surface area contributed by atoms with Crippen LogP contribution in [-0.2, 0) is 16.1 Å². The minimum absolute atomic E-state index is 0.0197. The summed E-state index contributed by atoms with van der Waals surface area (Å²) in [4.78, 5) is 12.6. The lowest BCUT2D eigenvalue weighted by molar-refractivity contribution is -0.145. The van der Waals surface area contributed by atoms with Gasteiger partial charge in [0, 0.05) is 19.0 Å². The largest absolute Gasteiger partial charge is 0.462 e. The molecule has 2 aliphatic heterocycles. The van der Waals surface area contributed by atoms with Crippen LogP contribution in [0.1, 0.15) is 51.5 Å². The van der Waals surface area contributed by atoms with Crippen molar-refractivity contribution in [3.05, 3.63) is 34.9 Å². The molecule has 0 unspecified atom stereocenters. The van der Waals surface area contributed by atoms with Gasteiger partial charge < -0.3 is 19.5 Å². The second kappa shape index (κ2) is 6.80. The van der Waals surface area contributed by atoms with Gasteiger partial charge >= 0.3 is 5.97 Å². The molecule has 150 valence electrons. The summed E-state index contributed by atoms with van der Waals surface area (Å²) >= 11 is 0. The molecule has 2 fully saturated rings. The van der Waals surface area contributed by atoms with Crippen LogP contribution in [0.2, 0.25) is 0 Å². The molecule has 5 rings (SSSR count). The van der Waals surface area contributed by atoms with Crippen LogP contribution in [0.4, 0.5) is 0 Å². The Balaban J connectivity index is 1.25. The molecule has 4 aliphatic rings. The lowest BCUT2D eigenvalue weighted by Crippen LogP contribution is -2.40. The first-order chi connectivity index (χ1) is 13.5. The van der Waals surface area contributed by atoms with E-state index in [4.69, 9.17) is 14.2 Å². The molecule has 1 aromatic carbocycles. The first kappa shape index (κ1) is 18.0. The van der Waals surface area contributed by atoms with E-state index in [-0.39, 0.29) is 30.2 Å². The molecule has 0 aromatic heterocycles. The lowest BCUT2D eigenvalue weighted by atomic mass is 9.59. The highest BCUT2D eigenvalue weighted by molar-refractivity contribution is 5.76. The standard InChI is InChI=1S/C23H29NO4/c1-14-4-3-7-23(2)10-21-16(9-18(14)23)17(22(25)28-21)12-24-11-15-5-6-19-20(8-15)27-13-26-19/h5-6,8,16-17,21,24H,3-4,7,9-13H2,1-2H3/t16-,17-,21+,23+/m0/s1. The van der Waals surface area contributed by atoms with E-state index >= 15 is 0 Å². The van der Waals surface area contributed by atoms with Crippen molar-refractivity contribution in [2.24, 2.45) is 17.3 Å². The van der Waals surface area contributed by atoms with Crippen LogP contribution >= 0.6 is 0 Å². The average molecular weight is 383 g/mol. The summed E-state index contributed by atoms with van der Waals surface area (Å²) in [5, 5.41) is 3.48. The molecule has 0 bridgehead atoms. The number of hydrogen-bond donors (Lipinski definition) is 1. The van der Waals surface area contributed by atoms with E-state index in [2.05, 4.69) is 19.2 Å². The zero-order valence-electron chi connectivity index (χ0n) is 16.8. The van der Waals surface area contributed by atoms with Gasteiger partial charge in [0.25, 0.3) is 0 Å². The highest BCUT2D eigenvalue weighted by Crippen LogP contribution is 2.54. The molecular weight excluding hydrogens is 354 g/mol. The Kier molecular flexibility index (Phi) is 4.38. The fraction of sp³-hybridized carbons (Fsp3) is 0.609. The highest BCUT2D eigenvalue weighted by atomic mass is 16.7. The number of ether oxygens (including phenoxy) is 3. The molecule has 0 radical (unpaired) electrons. The molecule has 1 N–H and O–H groups in total. The molecule has 1 saturated heterocycles. The van der Waals surface area contributed by atoms with Crippen LogP contribution in [0.25, 0.3) is 0 Å². The van der Waals surface area contributed by atoms with E-state index in [1.54, 1.807) is 11.1 Å². The maximum absolute atomic E-state index is 12.6. The van der Waals surface area contributed by atoms with Crippen molar-refractivity contribution in [1.82, 2.24) is 5.32 Å². The summed E-state index contributed by atoms with van der Waals surface area (Å²) in [6, 6.07) is 5.99. The molecule has 5 heteroatoms. The fourth-order valence-electron chi connectivity index (χ4n) is 5.77. The molecule has 28 heavy (non-hydrogen) atoms. The fourth-order valence-corrected chi connectivity index (χ4v) is 5.77. The topological polar surface area (TPSA) is 56.8 Å². The first-order valence-corrected chi connectivity index (χ1v) is 10.5. The van der Waals surface area contributed by atoms with E-state index in [1.807, 2.05) is 18.2 Å². The Morgan fingerprint density at radius 2 is 2.11 bits per heavy atom. The second-order valence-electron chi connectivity index (χ2n) is 9.15. The lowest BCUT2D eigenvalue weighted by Gasteiger charge is -2.45. The van der Waals surface area contributed by atoms with E-state index in [9.17, 15) is 4.79 Å². The van der Waals surface area contributed by atoms with Crippen molar-refractivity contribution in [3.8, 4) is 11.5 Å². The maximum Gasteiger partial charge on any atom is 0.310 e. The molecule has 1 saturated carbocycles. The molecule has 2 aliphatic carbocycles. The van der Waals surface area contributed by atoms with Crippen LogP contribution in [0.15, 0.2) is 29.3 Å². The number of carbonyl (C=O) groups is 1. The Morgan fingerprint density at radius 3 is 3.00 bits per heavy atom. The second-order valence-corrected chi connectivity index (χ2v) is 9.15. The van der Waals surface area contributed by atoms with Gasteiger partial charge in [-0.1, -0.05) is 24.1 Å². The summed E-state index contributed by atoms with van der Waals surface area (Å²) in [5.41, 5.74) is 4.53. The van der Waals surface area contributed by atoms with Gasteiger partial charge in [0.2, 0.25) is 6.79 Å². The van der Waals surface area contributed by atoms with Gasteiger partial charge in [0.1, 0.15) is 6.10 Å². The molecule has 4 atom stereocenters. The van der Waals surface area contributed by atoms with Crippen LogP contribution in [-0.4, -0.2) is 25.4 Å². The van der Waals surface area contributed by atoms with Gasteiger partial charge in [0.05, 0.1) is 5.92 Å². The minimum Gasteiger partial charge on any atom is -0.462 e. The number of fused-ring (bicyclic) bond motifs is 3. The zero-order valence-corrected chi connectivity index (χ0v) is 16.8. The maximum atomic E-state index is 12.6. The predicted octanol–water partition coefficient (Wildman–Crippen LogP) is 3.96. The molecule has 0 spiro atoms. The number of esters is 1. The van der Waals surface area contributed by atoms with Crippen molar-refractivity contribution in [3.63, 3.8) is 0 Å². The van der Waals surface area contributed by atoms with E-state index < -0.39 is 0 Å². The summed E-state index contributed by atoms with van der Waals surface area (Å²) < 4.78 is 16.7. The molecule has 5 nitrogen and oxygen atoms in total. The van der Waals surface area contributed by atoms with Crippen LogP contribution in [0.3, 0.4) is 0 Å². The van der Waals surface area contributed by atoms with Gasteiger partial charge in [-0.2, -0.15) is 0 Å².